The van der Waals surface area contributed by atoms with Gasteiger partial charge in [-0.05, 0) is 38.0 Å². The van der Waals surface area contributed by atoms with E-state index in [1.54, 1.807) is 6.92 Å². The van der Waals surface area contributed by atoms with E-state index in [1.807, 2.05) is 30.3 Å². The smallest absolute Gasteiger partial charge is 0.421 e. The maximum Gasteiger partial charge on any atom is 0.421 e. The number of benzene rings is 1. The Labute approximate surface area is 152 Å². The topological polar surface area (TPSA) is 60.9 Å². The highest BCUT2D eigenvalue weighted by Crippen LogP contribution is 2.40. The minimum Gasteiger partial charge on any atom is -0.441 e. The van der Waals surface area contributed by atoms with Crippen molar-refractivity contribution in [1.29, 1.82) is 0 Å². The highest BCUT2D eigenvalue weighted by Gasteiger charge is 2.37. The van der Waals surface area contributed by atoms with Crippen LogP contribution in [-0.4, -0.2) is 14.8 Å². The predicted molar refractivity (Wildman–Crippen MR) is 91.3 cm³/mol. The van der Waals surface area contributed by atoms with Crippen LogP contribution in [0.2, 0.25) is 0 Å². The number of hydrogen-bond donors (Lipinski definition) is 0. The molecule has 0 aliphatic heterocycles. The average molecular weight is 375 g/mol. The van der Waals surface area contributed by atoms with Gasteiger partial charge in [-0.3, -0.25) is 4.79 Å². The van der Waals surface area contributed by atoms with Crippen LogP contribution >= 0.6 is 0 Å². The van der Waals surface area contributed by atoms with Gasteiger partial charge in [-0.2, -0.15) is 18.3 Å². The lowest BCUT2D eigenvalue weighted by atomic mass is 10.2. The largest absolute Gasteiger partial charge is 0.441 e. The van der Waals surface area contributed by atoms with Crippen molar-refractivity contribution in [2.75, 3.05) is 0 Å². The minimum absolute atomic E-state index is 0.0174. The molecule has 4 rings (SSSR count). The zero-order valence-electron chi connectivity index (χ0n) is 14.5. The number of hydrogen-bond acceptors (Lipinski definition) is 4. The van der Waals surface area contributed by atoms with E-state index in [0.29, 0.717) is 23.0 Å². The van der Waals surface area contributed by atoms with Crippen LogP contribution < -0.4 is 5.56 Å². The third-order valence-corrected chi connectivity index (χ3v) is 4.51. The van der Waals surface area contributed by atoms with Crippen molar-refractivity contribution >= 4 is 0 Å². The van der Waals surface area contributed by atoms with Gasteiger partial charge in [0.1, 0.15) is 17.0 Å². The molecule has 2 aromatic heterocycles. The highest BCUT2D eigenvalue weighted by molar-refractivity contribution is 5.53. The maximum atomic E-state index is 13.3. The molecule has 0 N–H and O–H groups in total. The van der Waals surface area contributed by atoms with E-state index in [-0.39, 0.29) is 12.5 Å². The molecule has 8 heteroatoms. The number of halogens is 3. The summed E-state index contributed by atoms with van der Waals surface area (Å²) >= 11 is 0. The fourth-order valence-corrected chi connectivity index (χ4v) is 2.87. The summed E-state index contributed by atoms with van der Waals surface area (Å²) in [4.78, 5) is 16.7. The van der Waals surface area contributed by atoms with Crippen molar-refractivity contribution < 1.29 is 17.6 Å². The van der Waals surface area contributed by atoms with Crippen LogP contribution in [0.5, 0.6) is 0 Å². The maximum absolute atomic E-state index is 13.3. The van der Waals surface area contributed by atoms with Gasteiger partial charge in [-0.25, -0.2) is 9.67 Å². The monoisotopic (exact) mass is 375 g/mol. The van der Waals surface area contributed by atoms with Crippen LogP contribution in [0.1, 0.15) is 41.5 Å². The molecule has 0 atom stereocenters. The van der Waals surface area contributed by atoms with Crippen molar-refractivity contribution in [2.24, 2.45) is 0 Å². The first-order valence-corrected chi connectivity index (χ1v) is 8.54. The normalized spacial score (nSPS) is 14.5. The molecule has 0 spiro atoms. The number of aryl methyl sites for hydroxylation is 1. The van der Waals surface area contributed by atoms with E-state index in [9.17, 15) is 18.0 Å². The first kappa shape index (κ1) is 17.5. The fourth-order valence-electron chi connectivity index (χ4n) is 2.87. The second-order valence-electron chi connectivity index (χ2n) is 6.61. The second-order valence-corrected chi connectivity index (χ2v) is 6.61. The molecule has 5 nitrogen and oxygen atoms in total. The van der Waals surface area contributed by atoms with Gasteiger partial charge >= 0.3 is 6.18 Å². The number of oxazole rings is 1. The summed E-state index contributed by atoms with van der Waals surface area (Å²) in [5.41, 5.74) is -0.940. The molecule has 27 heavy (non-hydrogen) atoms. The van der Waals surface area contributed by atoms with E-state index in [4.69, 9.17) is 4.42 Å². The first-order chi connectivity index (χ1) is 12.8. The molecule has 1 aliphatic rings. The molecule has 1 fully saturated rings. The van der Waals surface area contributed by atoms with Crippen molar-refractivity contribution in [1.82, 2.24) is 14.8 Å². The van der Waals surface area contributed by atoms with E-state index in [1.165, 1.54) is 0 Å². The molecular formula is C19H16F3N3O2. The van der Waals surface area contributed by atoms with Crippen LogP contribution in [-0.2, 0) is 12.7 Å². The lowest BCUT2D eigenvalue weighted by Gasteiger charge is -2.11. The lowest BCUT2D eigenvalue weighted by molar-refractivity contribution is -0.139. The molecule has 3 aromatic rings. The number of rotatable bonds is 4. The average Bonchev–Trinajstić information content (AvgIpc) is 3.41. The Morgan fingerprint density at radius 2 is 1.93 bits per heavy atom. The Morgan fingerprint density at radius 1 is 1.22 bits per heavy atom. The van der Waals surface area contributed by atoms with E-state index in [0.717, 1.165) is 29.2 Å². The van der Waals surface area contributed by atoms with Crippen LogP contribution in [0.25, 0.3) is 11.5 Å². The number of alkyl halides is 3. The molecular weight excluding hydrogens is 359 g/mol. The predicted octanol–water partition coefficient (Wildman–Crippen LogP) is 4.15. The summed E-state index contributed by atoms with van der Waals surface area (Å²) in [7, 11) is 0. The molecule has 2 heterocycles. The van der Waals surface area contributed by atoms with Gasteiger partial charge in [0.05, 0.1) is 12.2 Å². The quantitative estimate of drug-likeness (QED) is 0.687. The van der Waals surface area contributed by atoms with Gasteiger partial charge in [0.15, 0.2) is 0 Å². The van der Waals surface area contributed by atoms with Gasteiger partial charge in [0.2, 0.25) is 5.89 Å². The van der Waals surface area contributed by atoms with Crippen molar-refractivity contribution in [3.8, 4) is 11.5 Å². The van der Waals surface area contributed by atoms with E-state index < -0.39 is 17.3 Å². The standard InChI is InChI=1S/C19H16F3N3O2/c1-11-16(23-17(27-11)13-5-3-2-4-6-13)10-25-18(26)14(19(20,21)22)9-15(24-25)12-7-8-12/h2-6,9,12H,7-8,10H2,1H3. The van der Waals surface area contributed by atoms with Crippen LogP contribution in [0.15, 0.2) is 45.6 Å². The Balaban J connectivity index is 1.74. The summed E-state index contributed by atoms with van der Waals surface area (Å²) in [6.07, 6.45) is -3.16. The van der Waals surface area contributed by atoms with Gasteiger partial charge in [-0.15, -0.1) is 0 Å². The Kier molecular flexibility index (Phi) is 4.13. The lowest BCUT2D eigenvalue weighted by Crippen LogP contribution is -2.32. The van der Waals surface area contributed by atoms with Crippen molar-refractivity contribution in [3.63, 3.8) is 0 Å². The Bertz CT molecular complexity index is 1030. The van der Waals surface area contributed by atoms with Crippen molar-refractivity contribution in [2.45, 2.75) is 38.4 Å². The summed E-state index contributed by atoms with van der Waals surface area (Å²) in [5.74, 6) is 0.773. The molecule has 1 saturated carbocycles. The summed E-state index contributed by atoms with van der Waals surface area (Å²) in [5, 5.41) is 4.15. The summed E-state index contributed by atoms with van der Waals surface area (Å²) in [6, 6.07) is 10.0. The first-order valence-electron chi connectivity index (χ1n) is 8.54. The summed E-state index contributed by atoms with van der Waals surface area (Å²) in [6.45, 7) is 1.49. The van der Waals surface area contributed by atoms with Crippen molar-refractivity contribution in [3.05, 3.63) is 69.5 Å². The molecule has 0 saturated heterocycles. The fraction of sp³-hybridized carbons (Fsp3) is 0.316. The second kappa shape index (κ2) is 6.37. The molecule has 1 aromatic carbocycles. The molecule has 1 aliphatic carbocycles. The molecule has 0 radical (unpaired) electrons. The zero-order valence-corrected chi connectivity index (χ0v) is 14.5. The van der Waals surface area contributed by atoms with Crippen LogP contribution in [0.4, 0.5) is 13.2 Å². The van der Waals surface area contributed by atoms with Gasteiger partial charge in [0, 0.05) is 11.5 Å². The van der Waals surface area contributed by atoms with Crippen LogP contribution in [0, 0.1) is 6.92 Å². The Hall–Kier alpha value is -2.90. The van der Waals surface area contributed by atoms with Gasteiger partial charge in [-0.1, -0.05) is 18.2 Å². The molecule has 140 valence electrons. The van der Waals surface area contributed by atoms with E-state index in [2.05, 4.69) is 10.1 Å². The van der Waals surface area contributed by atoms with Crippen LogP contribution in [0.3, 0.4) is 0 Å². The van der Waals surface area contributed by atoms with E-state index >= 15 is 0 Å². The highest BCUT2D eigenvalue weighted by atomic mass is 19.4. The minimum atomic E-state index is -4.72. The SMILES string of the molecule is Cc1oc(-c2ccccc2)nc1Cn1nc(C2CC2)cc(C(F)(F)F)c1=O. The Morgan fingerprint density at radius 3 is 2.56 bits per heavy atom. The molecule has 0 bridgehead atoms. The third kappa shape index (κ3) is 3.51. The summed E-state index contributed by atoms with van der Waals surface area (Å²) < 4.78 is 46.2. The third-order valence-electron chi connectivity index (χ3n) is 4.51. The van der Waals surface area contributed by atoms with Gasteiger partial charge < -0.3 is 4.42 Å². The number of aromatic nitrogens is 3. The molecule has 0 amide bonds. The molecule has 0 unspecified atom stereocenters. The zero-order chi connectivity index (χ0) is 19.2. The number of nitrogens with zero attached hydrogens (tertiary/aromatic N) is 3. The van der Waals surface area contributed by atoms with Gasteiger partial charge in [0.25, 0.3) is 5.56 Å².